The molecule has 88 valence electrons. The monoisotopic (exact) mass is 236 g/mol. The average Bonchev–Trinajstić information content (AvgIpc) is 2.65. The van der Waals surface area contributed by atoms with Crippen molar-refractivity contribution in [3.63, 3.8) is 0 Å². The van der Waals surface area contributed by atoms with Gasteiger partial charge in [0.2, 0.25) is 0 Å². The van der Waals surface area contributed by atoms with Crippen LogP contribution in [-0.2, 0) is 0 Å². The molecular formula is C13H20N2S. The third-order valence-electron chi connectivity index (χ3n) is 3.02. The van der Waals surface area contributed by atoms with Gasteiger partial charge in [-0.2, -0.15) is 0 Å². The number of likely N-dealkylation sites (tertiary alicyclic amines) is 1. The van der Waals surface area contributed by atoms with Crippen molar-refractivity contribution in [1.29, 1.82) is 0 Å². The molecule has 1 aliphatic rings. The Hall–Kier alpha value is -0.540. The van der Waals surface area contributed by atoms with Crippen LogP contribution in [0, 0.1) is 0 Å². The minimum Gasteiger partial charge on any atom is -0.299 e. The molecule has 1 aromatic rings. The molecule has 0 aromatic carbocycles. The van der Waals surface area contributed by atoms with Crippen LogP contribution in [0.5, 0.6) is 0 Å². The molecule has 0 bridgehead atoms. The van der Waals surface area contributed by atoms with Gasteiger partial charge in [-0.15, -0.1) is 11.8 Å². The first-order chi connectivity index (χ1) is 7.66. The van der Waals surface area contributed by atoms with E-state index in [9.17, 15) is 0 Å². The lowest BCUT2D eigenvalue weighted by Gasteiger charge is -2.19. The molecule has 2 heterocycles. The van der Waals surface area contributed by atoms with E-state index >= 15 is 0 Å². The summed E-state index contributed by atoms with van der Waals surface area (Å²) in [5.41, 5.74) is 1.37. The molecule has 0 saturated carbocycles. The van der Waals surface area contributed by atoms with Crippen LogP contribution in [0.2, 0.25) is 0 Å². The predicted octanol–water partition coefficient (Wildman–Crippen LogP) is 3.35. The molecular weight excluding hydrogens is 216 g/mol. The summed E-state index contributed by atoms with van der Waals surface area (Å²) in [6, 6.07) is 4.99. The molecule has 1 aliphatic heterocycles. The summed E-state index contributed by atoms with van der Waals surface area (Å²) in [5, 5.41) is 1.74. The Morgan fingerprint density at radius 2 is 2.25 bits per heavy atom. The second-order valence-electron chi connectivity index (χ2n) is 4.74. The zero-order chi connectivity index (χ0) is 11.5. The van der Waals surface area contributed by atoms with E-state index in [2.05, 4.69) is 49.1 Å². The smallest absolute Gasteiger partial charge is 0.0962 e. The van der Waals surface area contributed by atoms with Crippen molar-refractivity contribution in [2.45, 2.75) is 43.0 Å². The maximum absolute atomic E-state index is 4.53. The van der Waals surface area contributed by atoms with Gasteiger partial charge in [-0.1, -0.05) is 19.9 Å². The van der Waals surface area contributed by atoms with Crippen LogP contribution >= 0.6 is 11.8 Å². The minimum absolute atomic E-state index is 0.589. The number of nitrogens with zero attached hydrogens (tertiary/aromatic N) is 2. The van der Waals surface area contributed by atoms with Gasteiger partial charge >= 0.3 is 0 Å². The normalized spacial score (nSPS) is 21.9. The van der Waals surface area contributed by atoms with Gasteiger partial charge in [0.1, 0.15) is 0 Å². The first-order valence-electron chi connectivity index (χ1n) is 5.99. The third kappa shape index (κ3) is 2.77. The Bertz CT molecular complexity index is 334. The van der Waals surface area contributed by atoms with E-state index in [0.29, 0.717) is 11.3 Å². The van der Waals surface area contributed by atoms with Crippen molar-refractivity contribution in [2.24, 2.45) is 0 Å². The Kier molecular flexibility index (Phi) is 3.87. The molecule has 0 radical (unpaired) electrons. The lowest BCUT2D eigenvalue weighted by atomic mass is 10.1. The van der Waals surface area contributed by atoms with Crippen LogP contribution in [0.25, 0.3) is 0 Å². The SMILES string of the molecule is CC(C)Sc1ccc(C2CCCN2C)cn1. The standard InChI is InChI=1S/C13H20N2S/c1-10(2)16-13-7-6-11(9-14-13)12-5-4-8-15(12)3/h6-7,9-10,12H,4-5,8H2,1-3H3. The summed E-state index contributed by atoms with van der Waals surface area (Å²) in [6.45, 7) is 5.61. The van der Waals surface area contributed by atoms with Crippen LogP contribution < -0.4 is 0 Å². The second-order valence-corrected chi connectivity index (χ2v) is 6.33. The van der Waals surface area contributed by atoms with E-state index in [1.54, 1.807) is 0 Å². The molecule has 3 heteroatoms. The highest BCUT2D eigenvalue weighted by molar-refractivity contribution is 7.99. The molecule has 1 unspecified atom stereocenters. The molecule has 2 rings (SSSR count). The predicted molar refractivity (Wildman–Crippen MR) is 69.8 cm³/mol. The van der Waals surface area contributed by atoms with Crippen LogP contribution in [0.4, 0.5) is 0 Å². The fourth-order valence-corrected chi connectivity index (χ4v) is 2.97. The third-order valence-corrected chi connectivity index (χ3v) is 3.98. The first kappa shape index (κ1) is 11.9. The van der Waals surface area contributed by atoms with E-state index in [4.69, 9.17) is 0 Å². The Balaban J connectivity index is 2.07. The Labute approximate surface area is 102 Å². The number of thioether (sulfide) groups is 1. The van der Waals surface area contributed by atoms with E-state index in [1.165, 1.54) is 24.9 Å². The van der Waals surface area contributed by atoms with Crippen molar-refractivity contribution in [3.05, 3.63) is 23.9 Å². The summed E-state index contributed by atoms with van der Waals surface area (Å²) in [5.74, 6) is 0. The second kappa shape index (κ2) is 5.19. The summed E-state index contributed by atoms with van der Waals surface area (Å²) in [6.07, 6.45) is 4.63. The number of aromatic nitrogens is 1. The van der Waals surface area contributed by atoms with Crippen molar-refractivity contribution in [2.75, 3.05) is 13.6 Å². The van der Waals surface area contributed by atoms with Gasteiger partial charge in [0.25, 0.3) is 0 Å². The zero-order valence-corrected chi connectivity index (χ0v) is 11.1. The van der Waals surface area contributed by atoms with Gasteiger partial charge in [-0.05, 0) is 38.1 Å². The summed E-state index contributed by atoms with van der Waals surface area (Å²) < 4.78 is 0. The fraction of sp³-hybridized carbons (Fsp3) is 0.615. The molecule has 0 N–H and O–H groups in total. The lowest BCUT2D eigenvalue weighted by Crippen LogP contribution is -2.17. The highest BCUT2D eigenvalue weighted by Gasteiger charge is 2.22. The molecule has 0 amide bonds. The summed E-state index contributed by atoms with van der Waals surface area (Å²) >= 11 is 1.83. The maximum Gasteiger partial charge on any atom is 0.0962 e. The molecule has 0 spiro atoms. The van der Waals surface area contributed by atoms with E-state index in [-0.39, 0.29) is 0 Å². The van der Waals surface area contributed by atoms with Gasteiger partial charge in [0.05, 0.1) is 5.03 Å². The molecule has 1 atom stereocenters. The lowest BCUT2D eigenvalue weighted by molar-refractivity contribution is 0.317. The molecule has 1 saturated heterocycles. The van der Waals surface area contributed by atoms with Gasteiger partial charge in [-0.3, -0.25) is 4.90 Å². The zero-order valence-electron chi connectivity index (χ0n) is 10.3. The van der Waals surface area contributed by atoms with Gasteiger partial charge < -0.3 is 0 Å². The van der Waals surface area contributed by atoms with Crippen molar-refractivity contribution in [3.8, 4) is 0 Å². The van der Waals surface area contributed by atoms with E-state index in [1.807, 2.05) is 11.8 Å². The fourth-order valence-electron chi connectivity index (χ4n) is 2.23. The highest BCUT2D eigenvalue weighted by atomic mass is 32.2. The summed E-state index contributed by atoms with van der Waals surface area (Å²) in [7, 11) is 2.20. The Morgan fingerprint density at radius 3 is 2.75 bits per heavy atom. The quantitative estimate of drug-likeness (QED) is 0.749. The topological polar surface area (TPSA) is 16.1 Å². The maximum atomic E-state index is 4.53. The van der Waals surface area contributed by atoms with E-state index < -0.39 is 0 Å². The van der Waals surface area contributed by atoms with Crippen molar-refractivity contribution >= 4 is 11.8 Å². The molecule has 16 heavy (non-hydrogen) atoms. The average molecular weight is 236 g/mol. The van der Waals surface area contributed by atoms with E-state index in [0.717, 1.165) is 5.03 Å². The highest BCUT2D eigenvalue weighted by Crippen LogP contribution is 2.30. The molecule has 0 aliphatic carbocycles. The van der Waals surface area contributed by atoms with Crippen molar-refractivity contribution < 1.29 is 0 Å². The van der Waals surface area contributed by atoms with Gasteiger partial charge in [0.15, 0.2) is 0 Å². The Morgan fingerprint density at radius 1 is 1.44 bits per heavy atom. The molecule has 1 aromatic heterocycles. The van der Waals surface area contributed by atoms with Crippen LogP contribution in [0.15, 0.2) is 23.4 Å². The minimum atomic E-state index is 0.589. The van der Waals surface area contributed by atoms with Crippen LogP contribution in [-0.4, -0.2) is 28.7 Å². The van der Waals surface area contributed by atoms with Gasteiger partial charge in [0, 0.05) is 17.5 Å². The van der Waals surface area contributed by atoms with Gasteiger partial charge in [-0.25, -0.2) is 4.98 Å². The number of pyridine rings is 1. The summed E-state index contributed by atoms with van der Waals surface area (Å²) in [4.78, 5) is 6.96. The largest absolute Gasteiger partial charge is 0.299 e. The number of hydrogen-bond acceptors (Lipinski definition) is 3. The van der Waals surface area contributed by atoms with Crippen molar-refractivity contribution in [1.82, 2.24) is 9.88 Å². The molecule has 1 fully saturated rings. The number of rotatable bonds is 3. The van der Waals surface area contributed by atoms with Crippen LogP contribution in [0.1, 0.15) is 38.3 Å². The number of hydrogen-bond donors (Lipinski definition) is 0. The first-order valence-corrected chi connectivity index (χ1v) is 6.87. The van der Waals surface area contributed by atoms with Crippen LogP contribution in [0.3, 0.4) is 0 Å². The molecule has 2 nitrogen and oxygen atoms in total.